The maximum absolute atomic E-state index is 12.9. The van der Waals surface area contributed by atoms with Gasteiger partial charge in [-0.3, -0.25) is 4.79 Å². The number of nitrogens with one attached hydrogen (secondary N) is 1. The SMILES string of the molecule is CCN(CC)S(=O)(=O)c1cc(C)c(C)c(NC(=O)[C@H]2Cc3ccc(C)cc3S2)c1. The predicted molar refractivity (Wildman–Crippen MR) is 119 cm³/mol. The minimum absolute atomic E-state index is 0.0938. The van der Waals surface area contributed by atoms with E-state index in [9.17, 15) is 13.2 Å². The number of aryl methyl sites for hydroxylation is 2. The number of carbonyl (C=O) groups excluding carboxylic acids is 1. The third kappa shape index (κ3) is 4.37. The van der Waals surface area contributed by atoms with Gasteiger partial charge < -0.3 is 5.32 Å². The average molecular weight is 433 g/mol. The van der Waals surface area contributed by atoms with Gasteiger partial charge in [-0.1, -0.05) is 31.5 Å². The zero-order valence-electron chi connectivity index (χ0n) is 17.6. The van der Waals surface area contributed by atoms with E-state index in [0.29, 0.717) is 25.2 Å². The summed E-state index contributed by atoms with van der Waals surface area (Å²) in [7, 11) is -3.59. The first-order valence-electron chi connectivity index (χ1n) is 9.85. The van der Waals surface area contributed by atoms with E-state index >= 15 is 0 Å². The monoisotopic (exact) mass is 432 g/mol. The van der Waals surface area contributed by atoms with Crippen molar-refractivity contribution < 1.29 is 13.2 Å². The number of hydrogen-bond acceptors (Lipinski definition) is 4. The van der Waals surface area contributed by atoms with E-state index in [2.05, 4.69) is 23.5 Å². The summed E-state index contributed by atoms with van der Waals surface area (Å²) in [5, 5.41) is 2.77. The van der Waals surface area contributed by atoms with E-state index in [-0.39, 0.29) is 16.1 Å². The summed E-state index contributed by atoms with van der Waals surface area (Å²) in [6.45, 7) is 10.3. The zero-order chi connectivity index (χ0) is 21.3. The molecule has 5 nitrogen and oxygen atoms in total. The highest BCUT2D eigenvalue weighted by Crippen LogP contribution is 2.38. The Morgan fingerprint density at radius 2 is 1.83 bits per heavy atom. The fraction of sp³-hybridized carbons (Fsp3) is 0.409. The maximum Gasteiger partial charge on any atom is 0.243 e. The van der Waals surface area contributed by atoms with E-state index in [1.807, 2.05) is 34.6 Å². The van der Waals surface area contributed by atoms with Crippen molar-refractivity contribution in [2.45, 2.75) is 56.1 Å². The number of nitrogens with zero attached hydrogens (tertiary/aromatic N) is 1. The molecule has 1 aliphatic rings. The van der Waals surface area contributed by atoms with Gasteiger partial charge in [-0.15, -0.1) is 11.8 Å². The van der Waals surface area contributed by atoms with Crippen LogP contribution in [0.15, 0.2) is 40.1 Å². The minimum atomic E-state index is -3.59. The molecule has 0 bridgehead atoms. The largest absolute Gasteiger partial charge is 0.325 e. The zero-order valence-corrected chi connectivity index (χ0v) is 19.2. The van der Waals surface area contributed by atoms with Gasteiger partial charge in [0.25, 0.3) is 0 Å². The number of thioether (sulfide) groups is 1. The molecule has 29 heavy (non-hydrogen) atoms. The van der Waals surface area contributed by atoms with Crippen LogP contribution >= 0.6 is 11.8 Å². The first-order valence-corrected chi connectivity index (χ1v) is 12.2. The number of rotatable bonds is 6. The van der Waals surface area contributed by atoms with Crippen LogP contribution in [-0.4, -0.2) is 37.0 Å². The molecule has 3 rings (SSSR count). The molecule has 1 heterocycles. The highest BCUT2D eigenvalue weighted by molar-refractivity contribution is 8.01. The standard InChI is InChI=1S/C22H28N2O3S2/c1-6-24(7-2)29(26,27)18-11-15(4)16(5)19(13-18)23-22(25)21-12-17-9-8-14(3)10-20(17)28-21/h8-11,13,21H,6-7,12H2,1-5H3,(H,23,25)/t21-/m1/s1. The van der Waals surface area contributed by atoms with E-state index in [1.54, 1.807) is 23.9 Å². The number of benzene rings is 2. The minimum Gasteiger partial charge on any atom is -0.325 e. The molecule has 0 unspecified atom stereocenters. The molecule has 2 aromatic rings. The molecular formula is C22H28N2O3S2. The van der Waals surface area contributed by atoms with Crippen molar-refractivity contribution in [1.29, 1.82) is 0 Å². The van der Waals surface area contributed by atoms with Gasteiger partial charge in [0.15, 0.2) is 0 Å². The van der Waals surface area contributed by atoms with Crippen LogP contribution in [0.25, 0.3) is 0 Å². The summed E-state index contributed by atoms with van der Waals surface area (Å²) >= 11 is 1.57. The topological polar surface area (TPSA) is 66.5 Å². The average Bonchev–Trinajstić information content (AvgIpc) is 3.09. The Bertz CT molecular complexity index is 1040. The third-order valence-corrected chi connectivity index (χ3v) is 8.76. The van der Waals surface area contributed by atoms with Gasteiger partial charge in [-0.25, -0.2) is 8.42 Å². The lowest BCUT2D eigenvalue weighted by atomic mass is 10.1. The molecule has 1 atom stereocenters. The fourth-order valence-electron chi connectivity index (χ4n) is 3.51. The van der Waals surface area contributed by atoms with E-state index in [4.69, 9.17) is 0 Å². The van der Waals surface area contributed by atoms with Crippen molar-refractivity contribution in [3.05, 3.63) is 52.6 Å². The molecule has 156 valence electrons. The molecule has 0 spiro atoms. The summed E-state index contributed by atoms with van der Waals surface area (Å²) in [5.74, 6) is -0.0938. The number of sulfonamides is 1. The van der Waals surface area contributed by atoms with Crippen LogP contribution in [0.5, 0.6) is 0 Å². The second-order valence-corrected chi connectivity index (χ2v) is 10.6. The van der Waals surface area contributed by atoms with Crippen LogP contribution < -0.4 is 5.32 Å². The number of anilines is 1. The Balaban J connectivity index is 1.86. The second-order valence-electron chi connectivity index (χ2n) is 7.41. The quantitative estimate of drug-likeness (QED) is 0.739. The molecule has 1 amide bonds. The first-order chi connectivity index (χ1) is 13.7. The van der Waals surface area contributed by atoms with Gasteiger partial charge in [0.2, 0.25) is 15.9 Å². The van der Waals surface area contributed by atoms with E-state index in [0.717, 1.165) is 16.0 Å². The first kappa shape index (κ1) is 21.9. The van der Waals surface area contributed by atoms with Crippen molar-refractivity contribution in [3.8, 4) is 0 Å². The molecule has 0 fully saturated rings. The lowest BCUT2D eigenvalue weighted by Crippen LogP contribution is -2.31. The summed E-state index contributed by atoms with van der Waals surface area (Å²) < 4.78 is 27.3. The normalized spacial score (nSPS) is 16.1. The lowest BCUT2D eigenvalue weighted by molar-refractivity contribution is -0.115. The van der Waals surface area contributed by atoms with Crippen molar-refractivity contribution in [1.82, 2.24) is 4.31 Å². The highest BCUT2D eigenvalue weighted by Gasteiger charge is 2.29. The molecule has 0 aliphatic carbocycles. The molecule has 2 aromatic carbocycles. The predicted octanol–water partition coefficient (Wildman–Crippen LogP) is 4.30. The third-order valence-electron chi connectivity index (χ3n) is 5.43. The summed E-state index contributed by atoms with van der Waals surface area (Å²) in [6.07, 6.45) is 0.682. The Morgan fingerprint density at radius 1 is 1.14 bits per heavy atom. The van der Waals surface area contributed by atoms with Crippen molar-refractivity contribution in [2.24, 2.45) is 0 Å². The van der Waals surface area contributed by atoms with Gasteiger partial charge in [0, 0.05) is 23.7 Å². The fourth-order valence-corrected chi connectivity index (χ4v) is 6.37. The molecule has 0 saturated heterocycles. The van der Waals surface area contributed by atoms with Gasteiger partial charge in [0.05, 0.1) is 10.1 Å². The van der Waals surface area contributed by atoms with Crippen molar-refractivity contribution in [2.75, 3.05) is 18.4 Å². The van der Waals surface area contributed by atoms with Crippen molar-refractivity contribution in [3.63, 3.8) is 0 Å². The van der Waals surface area contributed by atoms with Gasteiger partial charge in [-0.05, 0) is 62.1 Å². The Labute approximate surface area is 177 Å². The molecule has 1 N–H and O–H groups in total. The van der Waals surface area contributed by atoms with Crippen LogP contribution in [0.3, 0.4) is 0 Å². The van der Waals surface area contributed by atoms with E-state index in [1.165, 1.54) is 15.4 Å². The van der Waals surface area contributed by atoms with Crippen LogP contribution in [0.1, 0.15) is 36.1 Å². The number of amides is 1. The number of fused-ring (bicyclic) bond motifs is 1. The van der Waals surface area contributed by atoms with E-state index < -0.39 is 10.0 Å². The molecule has 0 radical (unpaired) electrons. The lowest BCUT2D eigenvalue weighted by Gasteiger charge is -2.21. The van der Waals surface area contributed by atoms with Crippen LogP contribution in [0.4, 0.5) is 5.69 Å². The van der Waals surface area contributed by atoms with Crippen LogP contribution in [0, 0.1) is 20.8 Å². The van der Waals surface area contributed by atoms with Gasteiger partial charge in [-0.2, -0.15) is 4.31 Å². The Hall–Kier alpha value is -1.83. The molecule has 7 heteroatoms. The Morgan fingerprint density at radius 3 is 2.48 bits per heavy atom. The van der Waals surface area contributed by atoms with Crippen molar-refractivity contribution >= 4 is 33.4 Å². The molecule has 0 saturated carbocycles. The summed E-state index contributed by atoms with van der Waals surface area (Å²) in [5.41, 5.74) is 4.65. The maximum atomic E-state index is 12.9. The van der Waals surface area contributed by atoms with Crippen LogP contribution in [0.2, 0.25) is 0 Å². The number of carbonyl (C=O) groups is 1. The summed E-state index contributed by atoms with van der Waals surface area (Å²) in [4.78, 5) is 14.3. The second kappa shape index (κ2) is 8.50. The Kier molecular flexibility index (Phi) is 6.41. The number of hydrogen-bond donors (Lipinski definition) is 1. The highest BCUT2D eigenvalue weighted by atomic mass is 32.2. The molecule has 1 aliphatic heterocycles. The smallest absolute Gasteiger partial charge is 0.243 e. The molecule has 0 aromatic heterocycles. The van der Waals surface area contributed by atoms with Gasteiger partial charge in [0.1, 0.15) is 0 Å². The summed E-state index contributed by atoms with van der Waals surface area (Å²) in [6, 6.07) is 9.53. The van der Waals surface area contributed by atoms with Crippen LogP contribution in [-0.2, 0) is 21.2 Å². The van der Waals surface area contributed by atoms with Gasteiger partial charge >= 0.3 is 0 Å². The molecular weight excluding hydrogens is 404 g/mol.